The number of aliphatic hydroxyl groups is 2. The van der Waals surface area contributed by atoms with Gasteiger partial charge in [-0.25, -0.2) is 4.39 Å². The van der Waals surface area contributed by atoms with Gasteiger partial charge in [0.25, 0.3) is 0 Å². The Morgan fingerprint density at radius 1 is 0.933 bits per heavy atom. The first-order valence-corrected chi connectivity index (χ1v) is 18.4. The van der Waals surface area contributed by atoms with Gasteiger partial charge in [0.15, 0.2) is 0 Å². The van der Waals surface area contributed by atoms with Crippen LogP contribution in [0.5, 0.6) is 0 Å². The second-order valence-electron chi connectivity index (χ2n) is 16.6. The monoisotopic (exact) mass is 611 g/mol. The van der Waals surface area contributed by atoms with Crippen LogP contribution in [-0.2, 0) is 0 Å². The van der Waals surface area contributed by atoms with Crippen molar-refractivity contribution in [3.63, 3.8) is 0 Å². The van der Waals surface area contributed by atoms with Crippen LogP contribution < -0.4 is 0 Å². The predicted molar refractivity (Wildman–Crippen MR) is 180 cm³/mol. The van der Waals surface area contributed by atoms with E-state index in [2.05, 4.69) is 69.1 Å². The molecule has 0 aromatic rings. The largest absolute Gasteiger partial charge is 0.388 e. The van der Waals surface area contributed by atoms with Gasteiger partial charge in [-0.15, -0.1) is 0 Å². The molecule has 1 fully saturated rings. The summed E-state index contributed by atoms with van der Waals surface area (Å²) < 4.78 is 15.0. The number of allylic oxidation sites excluding steroid dienone is 9. The fourth-order valence-corrected chi connectivity index (χ4v) is 11.4. The Balaban J connectivity index is 1.05. The molecule has 2 N–H and O–H groups in total. The first kappa shape index (κ1) is 30.2. The van der Waals surface area contributed by atoms with Gasteiger partial charge in [0.2, 0.25) is 0 Å². The number of alkyl halides is 1. The summed E-state index contributed by atoms with van der Waals surface area (Å²) in [5.41, 5.74) is 11.3. The van der Waals surface area contributed by atoms with Crippen molar-refractivity contribution in [1.29, 1.82) is 0 Å². The molecule has 0 aromatic carbocycles. The topological polar surface area (TPSA) is 43.7 Å². The van der Waals surface area contributed by atoms with E-state index >= 15 is 0 Å². The van der Waals surface area contributed by atoms with Crippen LogP contribution in [0.1, 0.15) is 105 Å². The highest BCUT2D eigenvalue weighted by molar-refractivity contribution is 5.49. The maximum Gasteiger partial charge on any atom is 0.109 e. The van der Waals surface area contributed by atoms with E-state index in [1.807, 2.05) is 0 Å². The minimum atomic E-state index is -0.757. The van der Waals surface area contributed by atoms with Crippen molar-refractivity contribution < 1.29 is 14.6 Å². The Labute approximate surface area is 270 Å². The lowest BCUT2D eigenvalue weighted by Gasteiger charge is -2.59. The van der Waals surface area contributed by atoms with E-state index in [9.17, 15) is 14.6 Å². The van der Waals surface area contributed by atoms with E-state index in [-0.39, 0.29) is 23.2 Å². The minimum Gasteiger partial charge on any atom is -0.388 e. The molecule has 0 radical (unpaired) electrons. The third kappa shape index (κ3) is 4.78. The molecule has 45 heavy (non-hydrogen) atoms. The average molecular weight is 612 g/mol. The summed E-state index contributed by atoms with van der Waals surface area (Å²) in [5, 5.41) is 23.0. The first-order valence-electron chi connectivity index (χ1n) is 18.4. The molecule has 1 aliphatic heterocycles. The fraction of sp³-hybridized carbons (Fsp3) is 0.659. The molecule has 1 heterocycles. The van der Waals surface area contributed by atoms with E-state index in [1.54, 1.807) is 11.1 Å². The first-order chi connectivity index (χ1) is 21.6. The Bertz CT molecular complexity index is 1470. The van der Waals surface area contributed by atoms with Gasteiger partial charge in [-0.3, -0.25) is 0 Å². The summed E-state index contributed by atoms with van der Waals surface area (Å²) in [5.74, 6) is 1.33. The molecule has 10 atom stereocenters. The van der Waals surface area contributed by atoms with E-state index in [0.29, 0.717) is 23.8 Å². The molecule has 0 spiro atoms. The summed E-state index contributed by atoms with van der Waals surface area (Å²) in [6.07, 6.45) is 25.0. The number of hydrogen-bond acceptors (Lipinski definition) is 3. The van der Waals surface area contributed by atoms with Crippen molar-refractivity contribution in [2.45, 2.75) is 129 Å². The van der Waals surface area contributed by atoms with Crippen LogP contribution in [0, 0.1) is 40.9 Å². The van der Waals surface area contributed by atoms with Crippen LogP contribution >= 0.6 is 0 Å². The van der Waals surface area contributed by atoms with E-state index in [0.717, 1.165) is 88.2 Å². The van der Waals surface area contributed by atoms with Gasteiger partial charge < -0.3 is 15.1 Å². The molecule has 0 amide bonds. The molecule has 0 saturated carbocycles. The molecule has 1 saturated heterocycles. The van der Waals surface area contributed by atoms with Crippen LogP contribution in [0.2, 0.25) is 0 Å². The number of nitrogens with zero attached hydrogens (tertiary/aromatic N) is 1. The van der Waals surface area contributed by atoms with Gasteiger partial charge in [0.05, 0.1) is 12.2 Å². The van der Waals surface area contributed by atoms with E-state index in [1.165, 1.54) is 22.5 Å². The van der Waals surface area contributed by atoms with Crippen molar-refractivity contribution in [3.05, 3.63) is 81.3 Å². The van der Waals surface area contributed by atoms with E-state index < -0.39 is 18.4 Å². The Morgan fingerprint density at radius 2 is 1.76 bits per heavy atom. The molecule has 8 rings (SSSR count). The highest BCUT2D eigenvalue weighted by atomic mass is 19.1. The smallest absolute Gasteiger partial charge is 0.109 e. The molecular weight excluding hydrogens is 557 g/mol. The average Bonchev–Trinajstić information content (AvgIpc) is 3.26. The van der Waals surface area contributed by atoms with E-state index in [4.69, 9.17) is 0 Å². The zero-order valence-corrected chi connectivity index (χ0v) is 27.9. The lowest BCUT2D eigenvalue weighted by molar-refractivity contribution is 0.0519. The summed E-state index contributed by atoms with van der Waals surface area (Å²) in [6, 6.07) is 0.429. The molecule has 3 nitrogen and oxygen atoms in total. The Kier molecular flexibility index (Phi) is 7.53. The number of aliphatic hydroxyl groups excluding tert-OH is 2. The van der Waals surface area contributed by atoms with Gasteiger partial charge in [-0.05, 0) is 111 Å². The molecular formula is C41H54FNO2. The molecule has 4 heteroatoms. The summed E-state index contributed by atoms with van der Waals surface area (Å²) in [6.45, 7) is 9.15. The Morgan fingerprint density at radius 3 is 2.58 bits per heavy atom. The van der Waals surface area contributed by atoms with Gasteiger partial charge in [0, 0.05) is 41.1 Å². The highest BCUT2D eigenvalue weighted by Gasteiger charge is 2.53. The van der Waals surface area contributed by atoms with Gasteiger partial charge >= 0.3 is 0 Å². The minimum absolute atomic E-state index is 0.0410. The number of piperidine rings is 1. The van der Waals surface area contributed by atoms with Crippen molar-refractivity contribution >= 4 is 0 Å². The summed E-state index contributed by atoms with van der Waals surface area (Å²) in [7, 11) is 0. The van der Waals surface area contributed by atoms with Crippen molar-refractivity contribution in [2.24, 2.45) is 40.9 Å². The summed E-state index contributed by atoms with van der Waals surface area (Å²) >= 11 is 0. The molecule has 242 valence electrons. The van der Waals surface area contributed by atoms with Crippen LogP contribution in [0.25, 0.3) is 0 Å². The quantitative estimate of drug-likeness (QED) is 0.313. The van der Waals surface area contributed by atoms with Crippen LogP contribution in [0.15, 0.2) is 81.3 Å². The number of halogens is 1. The number of rotatable bonds is 3. The number of fused-ring (bicyclic) bond motifs is 4. The molecule has 7 aliphatic carbocycles. The summed E-state index contributed by atoms with van der Waals surface area (Å²) in [4.78, 5) is 2.71. The van der Waals surface area contributed by atoms with Crippen molar-refractivity contribution in [3.8, 4) is 0 Å². The zero-order chi connectivity index (χ0) is 31.2. The Hall–Kier alpha value is -2.17. The van der Waals surface area contributed by atoms with Gasteiger partial charge in [-0.1, -0.05) is 80.9 Å². The lowest BCUT2D eigenvalue weighted by atomic mass is 9.55. The SMILES string of the molecule is CC1C=C(N2C3=CCCC=C3C(C)(C)C3C4=C(CCC32)CC(CC2C(O)C3=C(CC5C=CCCC5=C3)C2O)CC4)CC(C)C1F. The molecule has 0 aromatic heterocycles. The van der Waals surface area contributed by atoms with Crippen molar-refractivity contribution in [2.75, 3.05) is 0 Å². The van der Waals surface area contributed by atoms with Gasteiger partial charge in [0.1, 0.15) is 6.17 Å². The molecule has 0 bridgehead atoms. The molecule has 10 unspecified atom stereocenters. The lowest BCUT2D eigenvalue weighted by Crippen LogP contribution is -2.55. The second kappa shape index (κ2) is 11.2. The highest BCUT2D eigenvalue weighted by Crippen LogP contribution is 2.60. The third-order valence-corrected chi connectivity index (χ3v) is 13.5. The van der Waals surface area contributed by atoms with Crippen LogP contribution in [0.3, 0.4) is 0 Å². The van der Waals surface area contributed by atoms with Crippen LogP contribution in [-0.4, -0.2) is 39.5 Å². The molecule has 8 aliphatic rings. The maximum absolute atomic E-state index is 15.0. The predicted octanol–water partition coefficient (Wildman–Crippen LogP) is 9.04. The number of hydrogen-bond donors (Lipinski definition) is 2. The zero-order valence-electron chi connectivity index (χ0n) is 27.9. The third-order valence-electron chi connectivity index (χ3n) is 13.5. The van der Waals surface area contributed by atoms with Gasteiger partial charge in [-0.2, -0.15) is 0 Å². The van der Waals surface area contributed by atoms with Crippen molar-refractivity contribution in [1.82, 2.24) is 4.90 Å². The fourth-order valence-electron chi connectivity index (χ4n) is 11.4. The second-order valence-corrected chi connectivity index (χ2v) is 16.6. The normalized spacial score (nSPS) is 42.1. The van der Waals surface area contributed by atoms with Crippen LogP contribution in [0.4, 0.5) is 4.39 Å². The maximum atomic E-state index is 15.0. The number of likely N-dealkylation sites (tertiary alicyclic amines) is 1. The standard InChI is InChI=1S/C41H54FNO2/c1-23-17-29(18-24(2)38(23)42)43-35-12-8-7-11-34(35)41(3,4)37-30-15-13-25(19-28(30)14-16-36(37)43)20-33-39(44)31-21-26-9-5-6-10-27(26)22-32(31)40(33)45/h5,9,11-12,17,22-26,33,36-40,44-45H,6-8,10,13-16,18-21H2,1-4H3.